The van der Waals surface area contributed by atoms with E-state index < -0.39 is 0 Å². The average Bonchev–Trinajstić information content (AvgIpc) is 3.26. The van der Waals surface area contributed by atoms with Crippen LogP contribution in [-0.2, 0) is 11.3 Å². The number of nitrogens with one attached hydrogen (secondary N) is 2. The zero-order valence-corrected chi connectivity index (χ0v) is 18.3. The van der Waals surface area contributed by atoms with Gasteiger partial charge in [-0.3, -0.25) is 4.79 Å². The molecule has 2 fully saturated rings. The van der Waals surface area contributed by atoms with Crippen molar-refractivity contribution >= 4 is 47.2 Å². The minimum Gasteiger partial charge on any atom is -0.353 e. The standard InChI is InChI=1S/C17H27N5OS.HI/c1-11-10-24-15(20-11)8-18-17(19-9-16(23)22(2)3)21-14-7-12-4-5-13(14)6-12;/h10,12-14H,4-9H2,1-3H3,(H2,18,19,21);1H. The van der Waals surface area contributed by atoms with Gasteiger partial charge in [-0.1, -0.05) is 6.42 Å². The van der Waals surface area contributed by atoms with Crippen LogP contribution >= 0.6 is 35.3 Å². The molecular formula is C17H28IN5OS. The van der Waals surface area contributed by atoms with E-state index in [1.807, 2.05) is 12.3 Å². The number of rotatable bonds is 5. The van der Waals surface area contributed by atoms with Gasteiger partial charge in [-0.2, -0.15) is 0 Å². The lowest BCUT2D eigenvalue weighted by Gasteiger charge is -2.25. The molecule has 140 valence electrons. The van der Waals surface area contributed by atoms with Gasteiger partial charge >= 0.3 is 0 Å². The molecule has 0 spiro atoms. The third-order valence-corrected chi connectivity index (χ3v) is 5.97. The fraction of sp³-hybridized carbons (Fsp3) is 0.706. The number of thiazole rings is 1. The van der Waals surface area contributed by atoms with Crippen LogP contribution in [0.4, 0.5) is 0 Å². The zero-order chi connectivity index (χ0) is 17.1. The molecular weight excluding hydrogens is 449 g/mol. The Morgan fingerprint density at radius 2 is 2.20 bits per heavy atom. The molecule has 0 aromatic carbocycles. The summed E-state index contributed by atoms with van der Waals surface area (Å²) in [5, 5.41) is 9.99. The summed E-state index contributed by atoms with van der Waals surface area (Å²) in [6, 6.07) is 0.488. The highest BCUT2D eigenvalue weighted by atomic mass is 127. The van der Waals surface area contributed by atoms with E-state index >= 15 is 0 Å². The van der Waals surface area contributed by atoms with Crippen LogP contribution in [0.15, 0.2) is 10.4 Å². The van der Waals surface area contributed by atoms with Gasteiger partial charge in [-0.05, 0) is 38.0 Å². The predicted octanol–water partition coefficient (Wildman–Crippen LogP) is 2.38. The highest BCUT2D eigenvalue weighted by Crippen LogP contribution is 2.44. The van der Waals surface area contributed by atoms with Gasteiger partial charge in [0.1, 0.15) is 11.6 Å². The van der Waals surface area contributed by atoms with Crippen molar-refractivity contribution in [2.24, 2.45) is 16.8 Å². The summed E-state index contributed by atoms with van der Waals surface area (Å²) in [5.41, 5.74) is 1.04. The number of carbonyl (C=O) groups is 1. The Labute approximate surface area is 170 Å². The second-order valence-electron chi connectivity index (χ2n) is 7.11. The van der Waals surface area contributed by atoms with E-state index in [2.05, 4.69) is 20.6 Å². The Balaban J connectivity index is 0.00000225. The molecule has 2 aliphatic carbocycles. The Kier molecular flexibility index (Phi) is 7.48. The van der Waals surface area contributed by atoms with Crippen molar-refractivity contribution in [3.63, 3.8) is 0 Å². The van der Waals surface area contributed by atoms with Gasteiger partial charge in [-0.25, -0.2) is 9.98 Å². The van der Waals surface area contributed by atoms with Gasteiger partial charge in [0, 0.05) is 31.2 Å². The molecule has 1 amide bonds. The summed E-state index contributed by atoms with van der Waals surface area (Å²) >= 11 is 1.64. The number of fused-ring (bicyclic) bond motifs is 2. The largest absolute Gasteiger partial charge is 0.353 e. The summed E-state index contributed by atoms with van der Waals surface area (Å²) in [5.74, 6) is 2.37. The smallest absolute Gasteiger partial charge is 0.243 e. The maximum Gasteiger partial charge on any atom is 0.243 e. The van der Waals surface area contributed by atoms with Crippen LogP contribution in [0.1, 0.15) is 36.4 Å². The fourth-order valence-corrected chi connectivity index (χ4v) is 4.39. The van der Waals surface area contributed by atoms with Gasteiger partial charge in [0.15, 0.2) is 5.96 Å². The molecule has 2 saturated carbocycles. The first-order valence-corrected chi connectivity index (χ1v) is 9.55. The van der Waals surface area contributed by atoms with Crippen LogP contribution in [0, 0.1) is 18.8 Å². The number of nitrogens with zero attached hydrogens (tertiary/aromatic N) is 3. The molecule has 1 aromatic rings. The highest BCUT2D eigenvalue weighted by molar-refractivity contribution is 14.0. The molecule has 25 heavy (non-hydrogen) atoms. The number of aliphatic imine (C=N–C) groups is 1. The number of carbonyl (C=O) groups excluding carboxylic acids is 1. The summed E-state index contributed by atoms with van der Waals surface area (Å²) in [7, 11) is 3.51. The normalized spacial score (nSPS) is 24.8. The van der Waals surface area contributed by atoms with Crippen molar-refractivity contribution in [1.82, 2.24) is 20.5 Å². The Hall–Kier alpha value is -0.900. The van der Waals surface area contributed by atoms with Gasteiger partial charge in [0.25, 0.3) is 0 Å². The van der Waals surface area contributed by atoms with E-state index in [4.69, 9.17) is 0 Å². The number of amides is 1. The Bertz CT molecular complexity index is 618. The predicted molar refractivity (Wildman–Crippen MR) is 112 cm³/mol. The van der Waals surface area contributed by atoms with Crippen LogP contribution in [0.25, 0.3) is 0 Å². The van der Waals surface area contributed by atoms with E-state index in [9.17, 15) is 4.79 Å². The Morgan fingerprint density at radius 3 is 2.76 bits per heavy atom. The molecule has 0 radical (unpaired) electrons. The molecule has 2 bridgehead atoms. The molecule has 8 heteroatoms. The number of likely N-dealkylation sites (N-methyl/N-ethyl adjacent to an activating group) is 1. The number of aromatic nitrogens is 1. The maximum absolute atomic E-state index is 11.8. The summed E-state index contributed by atoms with van der Waals surface area (Å²) in [6.45, 7) is 2.81. The van der Waals surface area contributed by atoms with Gasteiger partial charge in [0.05, 0.1) is 6.54 Å². The second kappa shape index (κ2) is 9.16. The van der Waals surface area contributed by atoms with E-state index in [1.54, 1.807) is 30.3 Å². The minimum absolute atomic E-state index is 0. The van der Waals surface area contributed by atoms with E-state index in [0.717, 1.165) is 28.5 Å². The highest BCUT2D eigenvalue weighted by Gasteiger charge is 2.39. The molecule has 3 unspecified atom stereocenters. The lowest BCUT2D eigenvalue weighted by atomic mass is 9.95. The first-order valence-electron chi connectivity index (χ1n) is 8.67. The molecule has 1 heterocycles. The van der Waals surface area contributed by atoms with Crippen molar-refractivity contribution in [3.05, 3.63) is 16.1 Å². The topological polar surface area (TPSA) is 69.6 Å². The minimum atomic E-state index is 0. The van der Waals surface area contributed by atoms with Crippen LogP contribution in [-0.4, -0.2) is 48.4 Å². The molecule has 3 atom stereocenters. The molecule has 3 rings (SSSR count). The molecule has 6 nitrogen and oxygen atoms in total. The van der Waals surface area contributed by atoms with Crippen LogP contribution in [0.3, 0.4) is 0 Å². The average molecular weight is 477 g/mol. The monoisotopic (exact) mass is 477 g/mol. The van der Waals surface area contributed by atoms with Crippen molar-refractivity contribution in [2.75, 3.05) is 20.6 Å². The number of halogens is 1. The molecule has 2 N–H and O–H groups in total. The first-order chi connectivity index (χ1) is 11.5. The lowest BCUT2D eigenvalue weighted by Crippen LogP contribution is -2.45. The third kappa shape index (κ3) is 5.54. The zero-order valence-electron chi connectivity index (χ0n) is 15.1. The SMILES string of the molecule is Cc1csc(CNC(=NCC(=O)N(C)C)NC2CC3CCC2C3)n1.I. The summed E-state index contributed by atoms with van der Waals surface area (Å²) < 4.78 is 0. The molecule has 2 aliphatic rings. The van der Waals surface area contributed by atoms with Gasteiger partial charge in [-0.15, -0.1) is 35.3 Å². The van der Waals surface area contributed by atoms with E-state index in [0.29, 0.717) is 12.6 Å². The van der Waals surface area contributed by atoms with Crippen molar-refractivity contribution in [1.29, 1.82) is 0 Å². The van der Waals surface area contributed by atoms with Crippen molar-refractivity contribution in [2.45, 2.75) is 45.2 Å². The first kappa shape index (κ1) is 20.4. The molecule has 0 aliphatic heterocycles. The van der Waals surface area contributed by atoms with Crippen LogP contribution in [0.5, 0.6) is 0 Å². The third-order valence-electron chi connectivity index (χ3n) is 5.01. The molecule has 0 saturated heterocycles. The fourth-order valence-electron chi connectivity index (χ4n) is 3.68. The quantitative estimate of drug-likeness (QED) is 0.388. The number of hydrogen-bond donors (Lipinski definition) is 2. The molecule has 1 aromatic heterocycles. The number of guanidine groups is 1. The lowest BCUT2D eigenvalue weighted by molar-refractivity contribution is -0.127. The number of hydrogen-bond acceptors (Lipinski definition) is 4. The summed E-state index contributed by atoms with van der Waals surface area (Å²) in [4.78, 5) is 22.4. The maximum atomic E-state index is 11.8. The number of aryl methyl sites for hydroxylation is 1. The van der Waals surface area contributed by atoms with Gasteiger partial charge in [0.2, 0.25) is 5.91 Å². The van der Waals surface area contributed by atoms with E-state index in [1.165, 1.54) is 25.7 Å². The van der Waals surface area contributed by atoms with Crippen LogP contribution in [0.2, 0.25) is 0 Å². The van der Waals surface area contributed by atoms with Gasteiger partial charge < -0.3 is 15.5 Å². The van der Waals surface area contributed by atoms with Crippen LogP contribution < -0.4 is 10.6 Å². The summed E-state index contributed by atoms with van der Waals surface area (Å²) in [6.07, 6.45) is 5.26. The van der Waals surface area contributed by atoms with E-state index in [-0.39, 0.29) is 36.4 Å². The van der Waals surface area contributed by atoms with Crippen molar-refractivity contribution < 1.29 is 4.79 Å². The van der Waals surface area contributed by atoms with Crippen molar-refractivity contribution in [3.8, 4) is 0 Å². The second-order valence-corrected chi connectivity index (χ2v) is 8.06. The Morgan fingerprint density at radius 1 is 1.40 bits per heavy atom.